The molecule has 1 aromatic rings. The quantitative estimate of drug-likeness (QED) is 0.830. The van der Waals surface area contributed by atoms with E-state index in [0.29, 0.717) is 6.04 Å². The van der Waals surface area contributed by atoms with Gasteiger partial charge in [-0.3, -0.25) is 4.90 Å². The van der Waals surface area contributed by atoms with Crippen molar-refractivity contribution in [2.75, 3.05) is 33.3 Å². The minimum absolute atomic E-state index is 0.00569. The van der Waals surface area contributed by atoms with E-state index in [1.807, 2.05) is 12.1 Å². The van der Waals surface area contributed by atoms with Crippen LogP contribution >= 0.6 is 0 Å². The summed E-state index contributed by atoms with van der Waals surface area (Å²) in [5, 5.41) is 9.49. The standard InChI is InChI=1S/C12H20N2O2/c1-10-8-14(6-5-13(10)2)11(9-15)12-4-3-7-16-12/h3-4,7,10-11,15H,5-6,8-9H2,1-2H3. The smallest absolute Gasteiger partial charge is 0.123 e. The molecule has 0 aliphatic carbocycles. The van der Waals surface area contributed by atoms with Crippen LogP contribution in [-0.2, 0) is 0 Å². The minimum atomic E-state index is 0.00569. The summed E-state index contributed by atoms with van der Waals surface area (Å²) in [5.41, 5.74) is 0. The van der Waals surface area contributed by atoms with Gasteiger partial charge in [-0.05, 0) is 26.1 Å². The van der Waals surface area contributed by atoms with Crippen molar-refractivity contribution in [1.29, 1.82) is 0 Å². The Bertz CT molecular complexity index is 313. The van der Waals surface area contributed by atoms with Crippen molar-refractivity contribution in [3.63, 3.8) is 0 Å². The molecule has 4 heteroatoms. The Balaban J connectivity index is 2.05. The number of aliphatic hydroxyl groups is 1. The highest BCUT2D eigenvalue weighted by atomic mass is 16.3. The lowest BCUT2D eigenvalue weighted by Gasteiger charge is -2.40. The van der Waals surface area contributed by atoms with Crippen molar-refractivity contribution >= 4 is 0 Å². The van der Waals surface area contributed by atoms with Crippen LogP contribution in [0.2, 0.25) is 0 Å². The van der Waals surface area contributed by atoms with Gasteiger partial charge in [-0.1, -0.05) is 0 Å². The van der Waals surface area contributed by atoms with Gasteiger partial charge in [0.2, 0.25) is 0 Å². The number of rotatable bonds is 3. The molecular formula is C12H20N2O2. The van der Waals surface area contributed by atoms with Gasteiger partial charge in [0.15, 0.2) is 0 Å². The highest BCUT2D eigenvalue weighted by molar-refractivity contribution is 5.05. The van der Waals surface area contributed by atoms with E-state index in [9.17, 15) is 5.11 Å². The van der Waals surface area contributed by atoms with Crippen LogP contribution in [0, 0.1) is 0 Å². The lowest BCUT2D eigenvalue weighted by atomic mass is 10.1. The molecule has 0 aromatic carbocycles. The Morgan fingerprint density at radius 3 is 2.94 bits per heavy atom. The summed E-state index contributed by atoms with van der Waals surface area (Å²) in [6.07, 6.45) is 1.66. The van der Waals surface area contributed by atoms with Crippen LogP contribution in [0.1, 0.15) is 18.7 Å². The van der Waals surface area contributed by atoms with Crippen LogP contribution in [0.15, 0.2) is 22.8 Å². The van der Waals surface area contributed by atoms with E-state index in [1.54, 1.807) is 6.26 Å². The van der Waals surface area contributed by atoms with Crippen molar-refractivity contribution < 1.29 is 9.52 Å². The fourth-order valence-corrected chi connectivity index (χ4v) is 2.23. The highest BCUT2D eigenvalue weighted by Crippen LogP contribution is 2.23. The van der Waals surface area contributed by atoms with Gasteiger partial charge in [0.25, 0.3) is 0 Å². The van der Waals surface area contributed by atoms with Crippen LogP contribution in [0.4, 0.5) is 0 Å². The van der Waals surface area contributed by atoms with Gasteiger partial charge < -0.3 is 14.4 Å². The lowest BCUT2D eigenvalue weighted by Crippen LogP contribution is -2.51. The number of hydrogen-bond donors (Lipinski definition) is 1. The summed E-state index contributed by atoms with van der Waals surface area (Å²) in [5.74, 6) is 0.860. The normalized spacial score (nSPS) is 25.8. The van der Waals surface area contributed by atoms with Crippen molar-refractivity contribution in [1.82, 2.24) is 9.80 Å². The average Bonchev–Trinajstić information content (AvgIpc) is 2.78. The second kappa shape index (κ2) is 4.99. The molecule has 1 aromatic heterocycles. The fraction of sp³-hybridized carbons (Fsp3) is 0.667. The van der Waals surface area contributed by atoms with Crippen molar-refractivity contribution in [2.24, 2.45) is 0 Å². The second-order valence-electron chi connectivity index (χ2n) is 4.54. The molecule has 2 heterocycles. The van der Waals surface area contributed by atoms with Crippen LogP contribution in [0.25, 0.3) is 0 Å². The molecule has 1 aliphatic rings. The number of aliphatic hydroxyl groups excluding tert-OH is 1. The zero-order chi connectivity index (χ0) is 11.5. The van der Waals surface area contributed by atoms with E-state index in [1.165, 1.54) is 0 Å². The third-order valence-corrected chi connectivity index (χ3v) is 3.48. The summed E-state index contributed by atoms with van der Waals surface area (Å²) >= 11 is 0. The topological polar surface area (TPSA) is 39.9 Å². The molecule has 4 nitrogen and oxygen atoms in total. The van der Waals surface area contributed by atoms with Gasteiger partial charge in [0.1, 0.15) is 5.76 Å². The zero-order valence-electron chi connectivity index (χ0n) is 9.97. The van der Waals surface area contributed by atoms with Gasteiger partial charge in [0, 0.05) is 25.7 Å². The maximum atomic E-state index is 9.49. The van der Waals surface area contributed by atoms with Gasteiger partial charge in [-0.2, -0.15) is 0 Å². The first-order valence-electron chi connectivity index (χ1n) is 5.81. The summed E-state index contributed by atoms with van der Waals surface area (Å²) in [7, 11) is 2.14. The molecular weight excluding hydrogens is 204 g/mol. The molecule has 0 bridgehead atoms. The molecule has 0 saturated carbocycles. The molecule has 1 fully saturated rings. The van der Waals surface area contributed by atoms with Crippen LogP contribution in [-0.4, -0.2) is 54.2 Å². The van der Waals surface area contributed by atoms with Gasteiger partial charge in [-0.25, -0.2) is 0 Å². The number of piperazine rings is 1. The third-order valence-electron chi connectivity index (χ3n) is 3.48. The van der Waals surface area contributed by atoms with Crippen molar-refractivity contribution in [3.8, 4) is 0 Å². The third kappa shape index (κ3) is 2.29. The average molecular weight is 224 g/mol. The predicted molar refractivity (Wildman–Crippen MR) is 62.2 cm³/mol. The molecule has 2 rings (SSSR count). The first kappa shape index (κ1) is 11.6. The molecule has 90 valence electrons. The molecule has 0 amide bonds. The summed E-state index contributed by atoms with van der Waals surface area (Å²) in [4.78, 5) is 4.64. The molecule has 2 unspecified atom stereocenters. The first-order valence-corrected chi connectivity index (χ1v) is 5.81. The minimum Gasteiger partial charge on any atom is -0.468 e. The van der Waals surface area contributed by atoms with Crippen molar-refractivity contribution in [2.45, 2.75) is 19.0 Å². The molecule has 1 N–H and O–H groups in total. The van der Waals surface area contributed by atoms with Crippen LogP contribution < -0.4 is 0 Å². The number of furan rings is 1. The van der Waals surface area contributed by atoms with E-state index in [0.717, 1.165) is 25.4 Å². The van der Waals surface area contributed by atoms with E-state index in [2.05, 4.69) is 23.8 Å². The molecule has 16 heavy (non-hydrogen) atoms. The summed E-state index contributed by atoms with van der Waals surface area (Å²) in [6, 6.07) is 4.34. The molecule has 0 spiro atoms. The zero-order valence-corrected chi connectivity index (χ0v) is 9.97. The monoisotopic (exact) mass is 224 g/mol. The Kier molecular flexibility index (Phi) is 3.63. The SMILES string of the molecule is CC1CN(C(CO)c2ccco2)CCN1C. The number of hydrogen-bond acceptors (Lipinski definition) is 4. The van der Waals surface area contributed by atoms with E-state index in [-0.39, 0.29) is 12.6 Å². The van der Waals surface area contributed by atoms with E-state index >= 15 is 0 Å². The molecule has 1 saturated heterocycles. The Morgan fingerprint density at radius 2 is 2.38 bits per heavy atom. The first-order chi connectivity index (χ1) is 7.72. The molecule has 2 atom stereocenters. The molecule has 1 aliphatic heterocycles. The maximum absolute atomic E-state index is 9.49. The van der Waals surface area contributed by atoms with Gasteiger partial charge in [0.05, 0.1) is 18.9 Å². The summed E-state index contributed by atoms with van der Waals surface area (Å²) < 4.78 is 5.39. The largest absolute Gasteiger partial charge is 0.468 e. The maximum Gasteiger partial charge on any atom is 0.123 e. The van der Waals surface area contributed by atoms with Crippen LogP contribution in [0.5, 0.6) is 0 Å². The molecule has 0 radical (unpaired) electrons. The van der Waals surface area contributed by atoms with Crippen LogP contribution in [0.3, 0.4) is 0 Å². The highest BCUT2D eigenvalue weighted by Gasteiger charge is 2.28. The predicted octanol–water partition coefficient (Wildman–Crippen LogP) is 0.949. The summed E-state index contributed by atoms with van der Waals surface area (Å²) in [6.45, 7) is 5.32. The Labute approximate surface area is 96.5 Å². The second-order valence-corrected chi connectivity index (χ2v) is 4.54. The number of nitrogens with zero attached hydrogens (tertiary/aromatic N) is 2. The van der Waals surface area contributed by atoms with Crippen molar-refractivity contribution in [3.05, 3.63) is 24.2 Å². The lowest BCUT2D eigenvalue weighted by molar-refractivity contribution is 0.0378. The Morgan fingerprint density at radius 1 is 1.56 bits per heavy atom. The Hall–Kier alpha value is -0.840. The van der Waals surface area contributed by atoms with E-state index in [4.69, 9.17) is 4.42 Å². The van der Waals surface area contributed by atoms with E-state index < -0.39 is 0 Å². The fourth-order valence-electron chi connectivity index (χ4n) is 2.23. The van der Waals surface area contributed by atoms with Gasteiger partial charge in [-0.15, -0.1) is 0 Å². The number of likely N-dealkylation sites (N-methyl/N-ethyl adjacent to an activating group) is 1. The van der Waals surface area contributed by atoms with Gasteiger partial charge >= 0.3 is 0 Å².